The van der Waals surface area contributed by atoms with Gasteiger partial charge in [-0.05, 0) is 31.9 Å². The zero-order valence-electron chi connectivity index (χ0n) is 12.3. The third-order valence-electron chi connectivity index (χ3n) is 4.06. The second kappa shape index (κ2) is 5.71. The minimum Gasteiger partial charge on any atom is -0.341 e. The molecule has 0 saturated carbocycles. The van der Waals surface area contributed by atoms with Gasteiger partial charge in [0.25, 0.3) is 5.56 Å². The first-order valence-corrected chi connectivity index (χ1v) is 7.49. The summed E-state index contributed by atoms with van der Waals surface area (Å²) in [5, 5.41) is 4.25. The van der Waals surface area contributed by atoms with E-state index < -0.39 is 0 Å². The van der Waals surface area contributed by atoms with Crippen molar-refractivity contribution < 1.29 is 4.79 Å². The molecule has 0 atom stereocenters. The van der Waals surface area contributed by atoms with Gasteiger partial charge in [0, 0.05) is 19.3 Å². The van der Waals surface area contributed by atoms with Crippen LogP contribution in [-0.4, -0.2) is 38.1 Å². The SMILES string of the molecule is Cc1nn(CC(=O)N2CCCCCC2)c(=O)c2cccn12. The summed E-state index contributed by atoms with van der Waals surface area (Å²) < 4.78 is 3.03. The molecule has 2 aromatic rings. The Morgan fingerprint density at radius 2 is 1.95 bits per heavy atom. The van der Waals surface area contributed by atoms with E-state index in [-0.39, 0.29) is 18.0 Å². The Morgan fingerprint density at radius 3 is 2.67 bits per heavy atom. The van der Waals surface area contributed by atoms with Crippen molar-refractivity contribution in [3.05, 3.63) is 34.5 Å². The largest absolute Gasteiger partial charge is 0.341 e. The predicted molar refractivity (Wildman–Crippen MR) is 79.2 cm³/mol. The Kier molecular flexibility index (Phi) is 3.77. The topological polar surface area (TPSA) is 59.6 Å². The lowest BCUT2D eigenvalue weighted by atomic mass is 10.2. The van der Waals surface area contributed by atoms with Crippen LogP contribution in [0.2, 0.25) is 0 Å². The highest BCUT2D eigenvalue weighted by Gasteiger charge is 2.17. The van der Waals surface area contributed by atoms with E-state index in [0.717, 1.165) is 25.9 Å². The summed E-state index contributed by atoms with van der Waals surface area (Å²) in [7, 11) is 0. The number of carbonyl (C=O) groups is 1. The molecule has 0 bridgehead atoms. The number of amides is 1. The Morgan fingerprint density at radius 1 is 1.24 bits per heavy atom. The zero-order valence-corrected chi connectivity index (χ0v) is 12.3. The van der Waals surface area contributed by atoms with Gasteiger partial charge in [-0.2, -0.15) is 5.10 Å². The van der Waals surface area contributed by atoms with Gasteiger partial charge in [0.05, 0.1) is 0 Å². The van der Waals surface area contributed by atoms with Gasteiger partial charge in [-0.1, -0.05) is 12.8 Å². The van der Waals surface area contributed by atoms with Gasteiger partial charge in [0.2, 0.25) is 5.91 Å². The number of nitrogens with zero attached hydrogens (tertiary/aromatic N) is 4. The quantitative estimate of drug-likeness (QED) is 0.834. The summed E-state index contributed by atoms with van der Waals surface area (Å²) >= 11 is 0. The first-order valence-electron chi connectivity index (χ1n) is 7.49. The van der Waals surface area contributed by atoms with Crippen molar-refractivity contribution in [3.8, 4) is 0 Å². The van der Waals surface area contributed by atoms with Crippen LogP contribution in [0.5, 0.6) is 0 Å². The standard InChI is InChI=1S/C15H20N4O2/c1-12-16-19(15(21)13-7-6-10-18(12)13)11-14(20)17-8-4-2-3-5-9-17/h6-7,10H,2-5,8-9,11H2,1H3. The molecule has 6 nitrogen and oxygen atoms in total. The Hall–Kier alpha value is -2.11. The molecule has 0 aromatic carbocycles. The number of likely N-dealkylation sites (tertiary alicyclic amines) is 1. The minimum absolute atomic E-state index is 0.0122. The molecule has 0 unspecified atom stereocenters. The van der Waals surface area contributed by atoms with Gasteiger partial charge >= 0.3 is 0 Å². The molecule has 1 aliphatic heterocycles. The molecular formula is C15H20N4O2. The van der Waals surface area contributed by atoms with Gasteiger partial charge in [-0.15, -0.1) is 0 Å². The molecule has 0 spiro atoms. The molecule has 1 fully saturated rings. The van der Waals surface area contributed by atoms with E-state index in [2.05, 4.69) is 5.10 Å². The van der Waals surface area contributed by atoms with E-state index >= 15 is 0 Å². The summed E-state index contributed by atoms with van der Waals surface area (Å²) in [5.74, 6) is 0.695. The molecule has 0 aliphatic carbocycles. The lowest BCUT2D eigenvalue weighted by Gasteiger charge is -2.20. The van der Waals surface area contributed by atoms with Crippen LogP contribution in [-0.2, 0) is 11.3 Å². The molecule has 3 rings (SSSR count). The van der Waals surface area contributed by atoms with E-state index in [0.29, 0.717) is 11.3 Å². The lowest BCUT2D eigenvalue weighted by Crippen LogP contribution is -2.38. The fourth-order valence-corrected chi connectivity index (χ4v) is 2.89. The maximum atomic E-state index is 12.4. The Balaban J connectivity index is 1.85. The first-order chi connectivity index (χ1) is 10.2. The molecule has 6 heteroatoms. The van der Waals surface area contributed by atoms with Crippen LogP contribution < -0.4 is 5.56 Å². The highest BCUT2D eigenvalue weighted by molar-refractivity contribution is 5.76. The molecule has 3 heterocycles. The number of carbonyl (C=O) groups excluding carboxylic acids is 1. The number of aromatic nitrogens is 3. The van der Waals surface area contributed by atoms with Crippen molar-refractivity contribution in [2.45, 2.75) is 39.2 Å². The maximum absolute atomic E-state index is 12.4. The minimum atomic E-state index is -0.214. The third-order valence-corrected chi connectivity index (χ3v) is 4.06. The second-order valence-corrected chi connectivity index (χ2v) is 5.57. The summed E-state index contributed by atoms with van der Waals surface area (Å²) in [4.78, 5) is 26.6. The highest BCUT2D eigenvalue weighted by atomic mass is 16.2. The van der Waals surface area contributed by atoms with Crippen molar-refractivity contribution in [1.29, 1.82) is 0 Å². The molecule has 1 saturated heterocycles. The van der Waals surface area contributed by atoms with Crippen LogP contribution in [0.4, 0.5) is 0 Å². The number of aryl methyl sites for hydroxylation is 1. The van der Waals surface area contributed by atoms with Crippen molar-refractivity contribution in [1.82, 2.24) is 19.1 Å². The molecule has 1 aliphatic rings. The predicted octanol–water partition coefficient (Wildman–Crippen LogP) is 1.21. The van der Waals surface area contributed by atoms with Crippen molar-refractivity contribution in [2.24, 2.45) is 0 Å². The molecular weight excluding hydrogens is 268 g/mol. The van der Waals surface area contributed by atoms with Gasteiger partial charge in [-0.3, -0.25) is 14.0 Å². The number of hydrogen-bond donors (Lipinski definition) is 0. The average Bonchev–Trinajstić information content (AvgIpc) is 2.80. The van der Waals surface area contributed by atoms with Crippen LogP contribution in [0, 0.1) is 6.92 Å². The van der Waals surface area contributed by atoms with Crippen LogP contribution >= 0.6 is 0 Å². The van der Waals surface area contributed by atoms with Gasteiger partial charge in [-0.25, -0.2) is 4.68 Å². The van der Waals surface area contributed by atoms with Gasteiger partial charge < -0.3 is 4.90 Å². The monoisotopic (exact) mass is 288 g/mol. The highest BCUT2D eigenvalue weighted by Crippen LogP contribution is 2.10. The fraction of sp³-hybridized carbons (Fsp3) is 0.533. The normalized spacial score (nSPS) is 16.1. The lowest BCUT2D eigenvalue weighted by molar-refractivity contribution is -0.132. The summed E-state index contributed by atoms with van der Waals surface area (Å²) in [5.41, 5.74) is 0.347. The van der Waals surface area contributed by atoms with E-state index in [1.54, 1.807) is 16.7 Å². The maximum Gasteiger partial charge on any atom is 0.291 e. The molecule has 0 radical (unpaired) electrons. The smallest absolute Gasteiger partial charge is 0.291 e. The molecule has 1 amide bonds. The fourth-order valence-electron chi connectivity index (χ4n) is 2.89. The van der Waals surface area contributed by atoms with E-state index in [4.69, 9.17) is 0 Å². The first kappa shape index (κ1) is 13.9. The molecule has 112 valence electrons. The van der Waals surface area contributed by atoms with Crippen LogP contribution in [0.15, 0.2) is 23.1 Å². The van der Waals surface area contributed by atoms with E-state index in [1.165, 1.54) is 17.5 Å². The van der Waals surface area contributed by atoms with Gasteiger partial charge in [0.15, 0.2) is 0 Å². The Labute approximate surface area is 123 Å². The summed E-state index contributed by atoms with van der Waals surface area (Å²) in [6.45, 7) is 3.45. The third kappa shape index (κ3) is 2.70. The van der Waals surface area contributed by atoms with Crippen molar-refractivity contribution >= 4 is 11.4 Å². The number of rotatable bonds is 2. The average molecular weight is 288 g/mol. The van der Waals surface area contributed by atoms with Crippen LogP contribution in [0.25, 0.3) is 5.52 Å². The summed E-state index contributed by atoms with van der Waals surface area (Å²) in [6.07, 6.45) is 6.25. The van der Waals surface area contributed by atoms with E-state index in [1.807, 2.05) is 17.9 Å². The molecule has 2 aromatic heterocycles. The second-order valence-electron chi connectivity index (χ2n) is 5.57. The van der Waals surface area contributed by atoms with Gasteiger partial charge in [0.1, 0.15) is 17.9 Å². The van der Waals surface area contributed by atoms with Crippen molar-refractivity contribution in [2.75, 3.05) is 13.1 Å². The molecule has 21 heavy (non-hydrogen) atoms. The van der Waals surface area contributed by atoms with E-state index in [9.17, 15) is 9.59 Å². The van der Waals surface area contributed by atoms with Crippen molar-refractivity contribution in [3.63, 3.8) is 0 Å². The summed E-state index contributed by atoms with van der Waals surface area (Å²) in [6, 6.07) is 3.57. The number of fused-ring (bicyclic) bond motifs is 1. The number of hydrogen-bond acceptors (Lipinski definition) is 3. The Bertz CT molecular complexity index is 708. The van der Waals surface area contributed by atoms with Crippen LogP contribution in [0.3, 0.4) is 0 Å². The molecule has 0 N–H and O–H groups in total. The van der Waals surface area contributed by atoms with Crippen LogP contribution in [0.1, 0.15) is 31.5 Å². The zero-order chi connectivity index (χ0) is 14.8.